The van der Waals surface area contributed by atoms with E-state index < -0.39 is 0 Å². The van der Waals surface area contributed by atoms with Gasteiger partial charge in [0.2, 0.25) is 0 Å². The monoisotopic (exact) mass is 259 g/mol. The third-order valence-corrected chi connectivity index (χ3v) is 3.10. The average molecular weight is 260 g/mol. The number of rotatable bonds is 4. The molecule has 1 N–H and O–H groups in total. The molecule has 1 aliphatic heterocycles. The number of ether oxygens (including phenoxy) is 1. The van der Waals surface area contributed by atoms with Gasteiger partial charge in [-0.25, -0.2) is 0 Å². The number of halogens is 1. The van der Waals surface area contributed by atoms with Crippen LogP contribution in [0.2, 0.25) is 0 Å². The largest absolute Gasteiger partial charge is 0.457 e. The molecular weight excluding hydrogens is 246 g/mol. The van der Waals surface area contributed by atoms with Crippen LogP contribution in [0, 0.1) is 0 Å². The molecule has 1 aromatic heterocycles. The fourth-order valence-electron chi connectivity index (χ4n) is 1.62. The minimum Gasteiger partial charge on any atom is -0.457 e. The Morgan fingerprint density at radius 3 is 3.14 bits per heavy atom. The third-order valence-electron chi connectivity index (χ3n) is 2.40. The molecular formula is C10H14BrNO2. The standard InChI is InChI=1S/C10H14BrNO2/c11-10-8(3-5-14-10)6-12-7-9-2-1-4-13-9/h3,5,9,12H,1-2,4,6-7H2. The van der Waals surface area contributed by atoms with Gasteiger partial charge in [-0.3, -0.25) is 0 Å². The summed E-state index contributed by atoms with van der Waals surface area (Å²) in [5.41, 5.74) is 1.16. The van der Waals surface area contributed by atoms with E-state index in [4.69, 9.17) is 9.15 Å². The molecule has 2 heterocycles. The molecule has 3 nitrogen and oxygen atoms in total. The molecule has 0 aromatic carbocycles. The van der Waals surface area contributed by atoms with E-state index >= 15 is 0 Å². The van der Waals surface area contributed by atoms with Gasteiger partial charge in [-0.1, -0.05) is 0 Å². The molecule has 2 rings (SSSR count). The Morgan fingerprint density at radius 2 is 2.50 bits per heavy atom. The highest BCUT2D eigenvalue weighted by molar-refractivity contribution is 9.10. The van der Waals surface area contributed by atoms with Gasteiger partial charge < -0.3 is 14.5 Å². The summed E-state index contributed by atoms with van der Waals surface area (Å²) in [5, 5.41) is 3.36. The Balaban J connectivity index is 1.70. The molecule has 1 unspecified atom stereocenters. The van der Waals surface area contributed by atoms with Crippen molar-refractivity contribution in [3.63, 3.8) is 0 Å². The van der Waals surface area contributed by atoms with E-state index in [2.05, 4.69) is 21.2 Å². The highest BCUT2D eigenvalue weighted by Gasteiger charge is 2.14. The Kier molecular flexibility index (Phi) is 3.61. The maximum Gasteiger partial charge on any atom is 0.173 e. The molecule has 1 fully saturated rings. The first-order valence-electron chi connectivity index (χ1n) is 4.90. The van der Waals surface area contributed by atoms with E-state index in [1.165, 1.54) is 12.8 Å². The normalized spacial score (nSPS) is 21.6. The Labute approximate surface area is 91.9 Å². The highest BCUT2D eigenvalue weighted by Crippen LogP contribution is 2.17. The van der Waals surface area contributed by atoms with Crippen molar-refractivity contribution >= 4 is 15.9 Å². The number of nitrogens with one attached hydrogen (secondary N) is 1. The fourth-order valence-corrected chi connectivity index (χ4v) is 2.00. The SMILES string of the molecule is Brc1occc1CNCC1CCCO1. The van der Waals surface area contributed by atoms with Crippen LogP contribution in [0.15, 0.2) is 21.4 Å². The van der Waals surface area contributed by atoms with Crippen LogP contribution in [0.3, 0.4) is 0 Å². The summed E-state index contributed by atoms with van der Waals surface area (Å²) in [4.78, 5) is 0. The van der Waals surface area contributed by atoms with Crippen molar-refractivity contribution in [1.82, 2.24) is 5.32 Å². The number of hydrogen-bond donors (Lipinski definition) is 1. The van der Waals surface area contributed by atoms with Gasteiger partial charge >= 0.3 is 0 Å². The van der Waals surface area contributed by atoms with E-state index in [1.54, 1.807) is 6.26 Å². The molecule has 0 saturated carbocycles. The first-order valence-corrected chi connectivity index (χ1v) is 5.70. The molecule has 0 amide bonds. The van der Waals surface area contributed by atoms with Gasteiger partial charge in [0, 0.05) is 25.3 Å². The molecule has 1 saturated heterocycles. The topological polar surface area (TPSA) is 34.4 Å². The van der Waals surface area contributed by atoms with Crippen LogP contribution in [0.1, 0.15) is 18.4 Å². The van der Waals surface area contributed by atoms with E-state index in [0.29, 0.717) is 6.10 Å². The van der Waals surface area contributed by atoms with E-state index in [9.17, 15) is 0 Å². The Hall–Kier alpha value is -0.320. The first kappa shape index (κ1) is 10.2. The van der Waals surface area contributed by atoms with Crippen LogP contribution in [0.4, 0.5) is 0 Å². The molecule has 0 spiro atoms. The quantitative estimate of drug-likeness (QED) is 0.902. The van der Waals surface area contributed by atoms with Crippen LogP contribution in [-0.2, 0) is 11.3 Å². The zero-order valence-electron chi connectivity index (χ0n) is 7.96. The molecule has 4 heteroatoms. The maximum absolute atomic E-state index is 5.50. The summed E-state index contributed by atoms with van der Waals surface area (Å²) in [6, 6.07) is 1.96. The van der Waals surface area contributed by atoms with Gasteiger partial charge in [-0.15, -0.1) is 0 Å². The second-order valence-electron chi connectivity index (χ2n) is 3.49. The summed E-state index contributed by atoms with van der Waals surface area (Å²) in [5.74, 6) is 0. The second-order valence-corrected chi connectivity index (χ2v) is 4.21. The molecule has 0 radical (unpaired) electrons. The van der Waals surface area contributed by atoms with Crippen LogP contribution in [0.25, 0.3) is 0 Å². The third kappa shape index (κ3) is 2.59. The minimum atomic E-state index is 0.403. The zero-order chi connectivity index (χ0) is 9.80. The molecule has 14 heavy (non-hydrogen) atoms. The molecule has 1 aromatic rings. The van der Waals surface area contributed by atoms with Gasteiger partial charge in [0.15, 0.2) is 4.67 Å². The van der Waals surface area contributed by atoms with Gasteiger partial charge in [-0.2, -0.15) is 0 Å². The summed E-state index contributed by atoms with van der Waals surface area (Å²) in [6.07, 6.45) is 4.47. The van der Waals surface area contributed by atoms with Crippen molar-refractivity contribution in [1.29, 1.82) is 0 Å². The van der Waals surface area contributed by atoms with Crippen molar-refractivity contribution in [2.45, 2.75) is 25.5 Å². The molecule has 0 bridgehead atoms. The van der Waals surface area contributed by atoms with Crippen molar-refractivity contribution in [3.8, 4) is 0 Å². The molecule has 0 aliphatic carbocycles. The molecule has 1 atom stereocenters. The lowest BCUT2D eigenvalue weighted by atomic mass is 10.2. The zero-order valence-corrected chi connectivity index (χ0v) is 9.55. The Morgan fingerprint density at radius 1 is 1.57 bits per heavy atom. The van der Waals surface area contributed by atoms with E-state index in [0.717, 1.165) is 29.9 Å². The van der Waals surface area contributed by atoms with Gasteiger partial charge in [0.1, 0.15) is 0 Å². The second kappa shape index (κ2) is 4.96. The number of hydrogen-bond acceptors (Lipinski definition) is 3. The first-order chi connectivity index (χ1) is 6.86. The lowest BCUT2D eigenvalue weighted by Crippen LogP contribution is -2.25. The smallest absolute Gasteiger partial charge is 0.173 e. The van der Waals surface area contributed by atoms with Gasteiger partial charge in [0.25, 0.3) is 0 Å². The maximum atomic E-state index is 5.50. The lowest BCUT2D eigenvalue weighted by Gasteiger charge is -2.09. The summed E-state index contributed by atoms with van der Waals surface area (Å²) in [6.45, 7) is 2.68. The predicted octanol–water partition coefficient (Wildman–Crippen LogP) is 2.31. The van der Waals surface area contributed by atoms with E-state index in [1.807, 2.05) is 6.07 Å². The lowest BCUT2D eigenvalue weighted by molar-refractivity contribution is 0.110. The van der Waals surface area contributed by atoms with Gasteiger partial charge in [0.05, 0.1) is 12.4 Å². The van der Waals surface area contributed by atoms with Crippen LogP contribution in [-0.4, -0.2) is 19.3 Å². The minimum absolute atomic E-state index is 0.403. The highest BCUT2D eigenvalue weighted by atomic mass is 79.9. The van der Waals surface area contributed by atoms with Crippen molar-refractivity contribution in [2.24, 2.45) is 0 Å². The van der Waals surface area contributed by atoms with Gasteiger partial charge in [-0.05, 0) is 34.8 Å². The van der Waals surface area contributed by atoms with Crippen molar-refractivity contribution in [3.05, 3.63) is 22.6 Å². The summed E-state index contributed by atoms with van der Waals surface area (Å²) < 4.78 is 11.5. The molecule has 1 aliphatic rings. The molecule has 78 valence electrons. The fraction of sp³-hybridized carbons (Fsp3) is 0.600. The summed E-state index contributed by atoms with van der Waals surface area (Å²) in [7, 11) is 0. The van der Waals surface area contributed by atoms with Crippen molar-refractivity contribution in [2.75, 3.05) is 13.2 Å². The number of furan rings is 1. The average Bonchev–Trinajstić information content (AvgIpc) is 2.78. The Bertz CT molecular complexity index is 281. The predicted molar refractivity (Wildman–Crippen MR) is 57.1 cm³/mol. The van der Waals surface area contributed by atoms with Crippen LogP contribution >= 0.6 is 15.9 Å². The van der Waals surface area contributed by atoms with Crippen LogP contribution in [0.5, 0.6) is 0 Å². The van der Waals surface area contributed by atoms with E-state index in [-0.39, 0.29) is 0 Å². The summed E-state index contributed by atoms with van der Waals surface area (Å²) >= 11 is 3.34. The van der Waals surface area contributed by atoms with Crippen molar-refractivity contribution < 1.29 is 9.15 Å². The van der Waals surface area contributed by atoms with Crippen LogP contribution < -0.4 is 5.32 Å².